The number of halogens is 1. The number of nitrogens with one attached hydrogen (secondary N) is 1. The summed E-state index contributed by atoms with van der Waals surface area (Å²) in [6.07, 6.45) is -1.89. The van der Waals surface area contributed by atoms with Crippen LogP contribution in [-0.2, 0) is 20.1 Å². The van der Waals surface area contributed by atoms with Gasteiger partial charge in [-0.3, -0.25) is 5.32 Å². The van der Waals surface area contributed by atoms with Gasteiger partial charge >= 0.3 is 12.1 Å². The lowest BCUT2D eigenvalue weighted by Crippen LogP contribution is -2.31. The van der Waals surface area contributed by atoms with E-state index in [4.69, 9.17) is 16.3 Å². The van der Waals surface area contributed by atoms with Crippen LogP contribution in [0.3, 0.4) is 0 Å². The molecule has 108 valence electrons. The predicted octanol–water partition coefficient (Wildman–Crippen LogP) is 3.09. The van der Waals surface area contributed by atoms with Gasteiger partial charge in [-0.05, 0) is 30.2 Å². The van der Waals surface area contributed by atoms with E-state index in [9.17, 15) is 9.59 Å². The van der Waals surface area contributed by atoms with Crippen molar-refractivity contribution in [1.82, 2.24) is 0 Å². The molecule has 0 saturated heterocycles. The van der Waals surface area contributed by atoms with Gasteiger partial charge < -0.3 is 9.47 Å². The second-order valence-electron chi connectivity index (χ2n) is 4.11. The average Bonchev–Trinajstić information content (AvgIpc) is 2.44. The van der Waals surface area contributed by atoms with E-state index in [2.05, 4.69) is 16.6 Å². The van der Waals surface area contributed by atoms with E-state index in [1.54, 1.807) is 31.2 Å². The van der Waals surface area contributed by atoms with E-state index in [-0.39, 0.29) is 0 Å². The van der Waals surface area contributed by atoms with Crippen LogP contribution in [0.2, 0.25) is 0 Å². The summed E-state index contributed by atoms with van der Waals surface area (Å²) >= 11 is 5.67. The molecular weight excluding hydrogens is 282 g/mol. The third-order valence-corrected chi connectivity index (χ3v) is 2.75. The fourth-order valence-electron chi connectivity index (χ4n) is 1.39. The number of carbonyl (C=O) groups is 2. The van der Waals surface area contributed by atoms with Crippen LogP contribution < -0.4 is 5.32 Å². The molecule has 0 aliphatic carbocycles. The van der Waals surface area contributed by atoms with Crippen LogP contribution in [0, 0.1) is 0 Å². The summed E-state index contributed by atoms with van der Waals surface area (Å²) in [5.74, 6) is -0.282. The molecule has 0 aliphatic heterocycles. The molecule has 1 aromatic rings. The minimum Gasteiger partial charge on any atom is -0.466 e. The molecule has 1 atom stereocenters. The average molecular weight is 298 g/mol. The van der Waals surface area contributed by atoms with E-state index >= 15 is 0 Å². The largest absolute Gasteiger partial charge is 0.466 e. The Morgan fingerprint density at radius 1 is 1.35 bits per heavy atom. The Balaban J connectivity index is 2.65. The number of methoxy groups -OCH3 is 1. The van der Waals surface area contributed by atoms with Gasteiger partial charge in [-0.2, -0.15) is 0 Å². The van der Waals surface area contributed by atoms with E-state index in [0.29, 0.717) is 17.1 Å². The zero-order chi connectivity index (χ0) is 15.1. The lowest BCUT2D eigenvalue weighted by atomic mass is 10.2. The Hall–Kier alpha value is -2.01. The summed E-state index contributed by atoms with van der Waals surface area (Å²) in [7, 11) is 1.21. The fraction of sp³-hybridized carbons (Fsp3) is 0.286. The molecule has 1 rings (SSSR count). The molecule has 0 saturated carbocycles. The van der Waals surface area contributed by atoms with Crippen molar-refractivity contribution in [2.24, 2.45) is 0 Å². The molecule has 6 heteroatoms. The van der Waals surface area contributed by atoms with E-state index in [0.717, 1.165) is 5.56 Å². The van der Waals surface area contributed by atoms with Gasteiger partial charge in [0.15, 0.2) is 0 Å². The molecule has 1 amide bonds. The topological polar surface area (TPSA) is 64.6 Å². The molecule has 1 unspecified atom stereocenters. The first-order chi connectivity index (χ1) is 9.47. The molecule has 0 bridgehead atoms. The van der Waals surface area contributed by atoms with Crippen molar-refractivity contribution in [2.45, 2.75) is 18.9 Å². The quantitative estimate of drug-likeness (QED) is 0.515. The number of esters is 1. The summed E-state index contributed by atoms with van der Waals surface area (Å²) in [5.41, 5.74) is 1.85. The van der Waals surface area contributed by atoms with E-state index in [1.165, 1.54) is 7.11 Å². The fourth-order valence-corrected chi connectivity index (χ4v) is 1.57. The van der Waals surface area contributed by atoms with Crippen molar-refractivity contribution in [3.05, 3.63) is 42.0 Å². The first kappa shape index (κ1) is 16.0. The van der Waals surface area contributed by atoms with Gasteiger partial charge in [0.1, 0.15) is 0 Å². The van der Waals surface area contributed by atoms with Gasteiger partial charge in [0.2, 0.25) is 6.10 Å². The molecule has 0 heterocycles. The summed E-state index contributed by atoms with van der Waals surface area (Å²) in [6.45, 7) is 5.16. The molecule has 0 fully saturated rings. The summed E-state index contributed by atoms with van der Waals surface area (Å²) in [4.78, 5) is 23.1. The van der Waals surface area contributed by atoms with Crippen molar-refractivity contribution < 1.29 is 19.1 Å². The Kier molecular flexibility index (Phi) is 6.06. The summed E-state index contributed by atoms with van der Waals surface area (Å²) < 4.78 is 9.51. The Labute approximate surface area is 122 Å². The maximum atomic E-state index is 11.7. The number of ether oxygens (including phenoxy) is 2. The van der Waals surface area contributed by atoms with Crippen LogP contribution in [0.25, 0.3) is 0 Å². The van der Waals surface area contributed by atoms with Crippen molar-refractivity contribution >= 4 is 29.4 Å². The normalized spacial score (nSPS) is 11.3. The van der Waals surface area contributed by atoms with Crippen molar-refractivity contribution in [2.75, 3.05) is 12.4 Å². The van der Waals surface area contributed by atoms with Gasteiger partial charge in [-0.25, -0.2) is 9.59 Å². The maximum Gasteiger partial charge on any atom is 0.412 e. The number of carbonyl (C=O) groups excluding carboxylic acids is 2. The zero-order valence-electron chi connectivity index (χ0n) is 11.3. The highest BCUT2D eigenvalue weighted by molar-refractivity contribution is 6.17. The SMILES string of the molecule is C=C(C)C(OC(=O)Nc1ccc(CCl)cc1)C(=O)OC. The number of alkyl halides is 1. The monoisotopic (exact) mass is 297 g/mol. The van der Waals surface area contributed by atoms with Gasteiger partial charge in [0, 0.05) is 11.6 Å². The van der Waals surface area contributed by atoms with Crippen LogP contribution in [0.1, 0.15) is 12.5 Å². The minimum atomic E-state index is -1.12. The highest BCUT2D eigenvalue weighted by Crippen LogP contribution is 2.13. The molecule has 5 nitrogen and oxygen atoms in total. The summed E-state index contributed by atoms with van der Waals surface area (Å²) in [5, 5.41) is 2.50. The second-order valence-corrected chi connectivity index (χ2v) is 4.38. The molecule has 20 heavy (non-hydrogen) atoms. The lowest BCUT2D eigenvalue weighted by Gasteiger charge is -2.16. The number of hydrogen-bond acceptors (Lipinski definition) is 4. The highest BCUT2D eigenvalue weighted by Gasteiger charge is 2.24. The number of benzene rings is 1. The Morgan fingerprint density at radius 2 is 1.95 bits per heavy atom. The highest BCUT2D eigenvalue weighted by atomic mass is 35.5. The molecule has 0 aromatic heterocycles. The van der Waals surface area contributed by atoms with Crippen LogP contribution in [0.15, 0.2) is 36.4 Å². The second kappa shape index (κ2) is 7.55. The smallest absolute Gasteiger partial charge is 0.412 e. The molecule has 0 aliphatic rings. The van der Waals surface area contributed by atoms with Crippen LogP contribution >= 0.6 is 11.6 Å². The number of anilines is 1. The molecule has 0 radical (unpaired) electrons. The van der Waals surface area contributed by atoms with Crippen LogP contribution in [0.4, 0.5) is 10.5 Å². The molecule has 1 aromatic carbocycles. The Morgan fingerprint density at radius 3 is 2.40 bits per heavy atom. The first-order valence-electron chi connectivity index (χ1n) is 5.83. The van der Waals surface area contributed by atoms with Crippen LogP contribution in [0.5, 0.6) is 0 Å². The van der Waals surface area contributed by atoms with Crippen LogP contribution in [-0.4, -0.2) is 25.3 Å². The first-order valence-corrected chi connectivity index (χ1v) is 6.37. The van der Waals surface area contributed by atoms with Gasteiger partial charge in [-0.15, -0.1) is 11.6 Å². The number of hydrogen-bond donors (Lipinski definition) is 1. The van der Waals surface area contributed by atoms with Gasteiger partial charge in [0.25, 0.3) is 0 Å². The van der Waals surface area contributed by atoms with Crippen molar-refractivity contribution in [3.8, 4) is 0 Å². The summed E-state index contributed by atoms with van der Waals surface area (Å²) in [6, 6.07) is 6.93. The lowest BCUT2D eigenvalue weighted by molar-refractivity contribution is -0.148. The molecule has 1 N–H and O–H groups in total. The molecule has 0 spiro atoms. The standard InChI is InChI=1S/C14H16ClNO4/c1-9(2)12(13(17)19-3)20-14(18)16-11-6-4-10(8-15)5-7-11/h4-7,12H,1,8H2,2-3H3,(H,16,18). The minimum absolute atomic E-state index is 0.379. The molecular formula is C14H16ClNO4. The maximum absolute atomic E-state index is 11.7. The third-order valence-electron chi connectivity index (χ3n) is 2.44. The van der Waals surface area contributed by atoms with Gasteiger partial charge in [0.05, 0.1) is 7.11 Å². The third kappa shape index (κ3) is 4.59. The number of amides is 1. The van der Waals surface area contributed by atoms with Crippen molar-refractivity contribution in [3.63, 3.8) is 0 Å². The van der Waals surface area contributed by atoms with E-state index < -0.39 is 18.2 Å². The van der Waals surface area contributed by atoms with Crippen molar-refractivity contribution in [1.29, 1.82) is 0 Å². The van der Waals surface area contributed by atoms with E-state index in [1.807, 2.05) is 0 Å². The zero-order valence-corrected chi connectivity index (χ0v) is 12.1. The van der Waals surface area contributed by atoms with Gasteiger partial charge in [-0.1, -0.05) is 18.7 Å². The predicted molar refractivity (Wildman–Crippen MR) is 76.7 cm³/mol. The Bertz CT molecular complexity index is 498. The number of rotatable bonds is 5.